The first-order chi connectivity index (χ1) is 13.5. The van der Waals surface area contributed by atoms with E-state index in [1.807, 2.05) is 18.2 Å². The Morgan fingerprint density at radius 2 is 1.86 bits per heavy atom. The lowest BCUT2D eigenvalue weighted by molar-refractivity contribution is -0.137. The molecular formula is C21H26N2O5. The molecule has 0 spiro atoms. The highest BCUT2D eigenvalue weighted by molar-refractivity contribution is 6.07. The van der Waals surface area contributed by atoms with Gasteiger partial charge in [-0.3, -0.25) is 9.59 Å². The second-order valence-corrected chi connectivity index (χ2v) is 7.02. The predicted molar refractivity (Wildman–Crippen MR) is 105 cm³/mol. The van der Waals surface area contributed by atoms with Gasteiger partial charge in [-0.15, -0.1) is 0 Å². The Labute approximate surface area is 164 Å². The number of fused-ring (bicyclic) bond motifs is 1. The minimum Gasteiger partial charge on any atom is -0.493 e. The van der Waals surface area contributed by atoms with Crippen molar-refractivity contribution in [2.75, 3.05) is 20.8 Å². The van der Waals surface area contributed by atoms with E-state index in [1.54, 1.807) is 14.2 Å². The van der Waals surface area contributed by atoms with Gasteiger partial charge in [-0.25, -0.2) is 5.01 Å². The Kier molecular flexibility index (Phi) is 6.34. The van der Waals surface area contributed by atoms with Crippen LogP contribution in [-0.4, -0.2) is 48.5 Å². The van der Waals surface area contributed by atoms with Crippen molar-refractivity contribution in [3.63, 3.8) is 0 Å². The maximum absolute atomic E-state index is 12.9. The first-order valence-corrected chi connectivity index (χ1v) is 9.54. The van der Waals surface area contributed by atoms with E-state index in [2.05, 4.69) is 17.3 Å². The van der Waals surface area contributed by atoms with Crippen LogP contribution in [0.2, 0.25) is 0 Å². The number of rotatable bonds is 8. The number of carbonyl (C=O) groups is 2. The SMILES string of the molecule is COc1ccc(C2=NN(CCCCC(=O)O)C(=O)C3CC=CCC23)cc1OC. The van der Waals surface area contributed by atoms with E-state index in [-0.39, 0.29) is 24.2 Å². The predicted octanol–water partition coefficient (Wildman–Crippen LogP) is 3.09. The molecule has 0 bridgehead atoms. The van der Waals surface area contributed by atoms with Crippen LogP contribution < -0.4 is 9.47 Å². The molecule has 1 N–H and O–H groups in total. The summed E-state index contributed by atoms with van der Waals surface area (Å²) in [6, 6.07) is 5.68. The van der Waals surface area contributed by atoms with Crippen molar-refractivity contribution in [2.45, 2.75) is 32.1 Å². The van der Waals surface area contributed by atoms with Gasteiger partial charge in [-0.2, -0.15) is 5.10 Å². The van der Waals surface area contributed by atoms with Gasteiger partial charge in [0.05, 0.1) is 25.8 Å². The molecule has 1 amide bonds. The fourth-order valence-corrected chi connectivity index (χ4v) is 3.80. The molecule has 2 aliphatic rings. The molecule has 1 aliphatic carbocycles. The van der Waals surface area contributed by atoms with Crippen LogP contribution in [0.25, 0.3) is 0 Å². The first-order valence-electron chi connectivity index (χ1n) is 9.54. The number of carboxylic acid groups (broad SMARTS) is 1. The summed E-state index contributed by atoms with van der Waals surface area (Å²) >= 11 is 0. The number of aliphatic carboxylic acids is 1. The average Bonchev–Trinajstić information content (AvgIpc) is 2.72. The van der Waals surface area contributed by atoms with Crippen molar-refractivity contribution in [3.8, 4) is 11.5 Å². The minimum absolute atomic E-state index is 0.0221. The number of carboxylic acids is 1. The topological polar surface area (TPSA) is 88.4 Å². The van der Waals surface area contributed by atoms with E-state index in [0.29, 0.717) is 37.3 Å². The van der Waals surface area contributed by atoms with Crippen LogP contribution >= 0.6 is 0 Å². The molecule has 1 aromatic rings. The van der Waals surface area contributed by atoms with Crippen molar-refractivity contribution >= 4 is 17.6 Å². The molecule has 0 aromatic heterocycles. The molecule has 1 aromatic carbocycles. The van der Waals surface area contributed by atoms with Gasteiger partial charge in [-0.1, -0.05) is 12.2 Å². The lowest BCUT2D eigenvalue weighted by atomic mass is 9.76. The number of carbonyl (C=O) groups excluding carboxylic acids is 1. The van der Waals surface area contributed by atoms with E-state index < -0.39 is 5.97 Å². The van der Waals surface area contributed by atoms with Gasteiger partial charge in [0.2, 0.25) is 5.91 Å². The van der Waals surface area contributed by atoms with E-state index in [0.717, 1.165) is 17.7 Å². The summed E-state index contributed by atoms with van der Waals surface area (Å²) in [6.07, 6.45) is 6.86. The largest absolute Gasteiger partial charge is 0.493 e. The number of unbranched alkanes of at least 4 members (excludes halogenated alkanes) is 1. The van der Waals surface area contributed by atoms with E-state index >= 15 is 0 Å². The molecule has 1 heterocycles. The molecule has 2 atom stereocenters. The number of nitrogens with zero attached hydrogens (tertiary/aromatic N) is 2. The van der Waals surface area contributed by atoms with Crippen LogP contribution in [0, 0.1) is 11.8 Å². The van der Waals surface area contributed by atoms with Gasteiger partial charge in [0.1, 0.15) is 0 Å². The summed E-state index contributed by atoms with van der Waals surface area (Å²) in [5.74, 6) is 0.363. The monoisotopic (exact) mass is 386 g/mol. The van der Waals surface area contributed by atoms with Gasteiger partial charge in [0.15, 0.2) is 11.5 Å². The van der Waals surface area contributed by atoms with Gasteiger partial charge in [-0.05, 0) is 43.9 Å². The van der Waals surface area contributed by atoms with E-state index in [9.17, 15) is 9.59 Å². The summed E-state index contributed by atoms with van der Waals surface area (Å²) in [7, 11) is 3.18. The molecule has 0 saturated carbocycles. The highest BCUT2D eigenvalue weighted by Gasteiger charge is 2.39. The number of ether oxygens (including phenoxy) is 2. The molecule has 7 heteroatoms. The summed E-state index contributed by atoms with van der Waals surface area (Å²) in [5, 5.41) is 15.0. The van der Waals surface area contributed by atoms with Gasteiger partial charge in [0, 0.05) is 24.4 Å². The van der Waals surface area contributed by atoms with Crippen molar-refractivity contribution in [2.24, 2.45) is 16.9 Å². The molecule has 0 saturated heterocycles. The highest BCUT2D eigenvalue weighted by Crippen LogP contribution is 2.36. The fourth-order valence-electron chi connectivity index (χ4n) is 3.80. The molecule has 3 rings (SSSR count). The second-order valence-electron chi connectivity index (χ2n) is 7.02. The number of hydrogen-bond donors (Lipinski definition) is 1. The number of benzene rings is 1. The first kappa shape index (κ1) is 19.9. The molecular weight excluding hydrogens is 360 g/mol. The van der Waals surface area contributed by atoms with Crippen molar-refractivity contribution < 1.29 is 24.2 Å². The maximum atomic E-state index is 12.9. The van der Waals surface area contributed by atoms with Crippen LogP contribution in [0.1, 0.15) is 37.7 Å². The smallest absolute Gasteiger partial charge is 0.303 e. The molecule has 0 fully saturated rings. The fraction of sp³-hybridized carbons (Fsp3) is 0.476. The van der Waals surface area contributed by atoms with Crippen LogP contribution in [-0.2, 0) is 9.59 Å². The van der Waals surface area contributed by atoms with Gasteiger partial charge < -0.3 is 14.6 Å². The third kappa shape index (κ3) is 4.18. The summed E-state index contributed by atoms with van der Waals surface area (Å²) < 4.78 is 10.7. The summed E-state index contributed by atoms with van der Waals surface area (Å²) in [6.45, 7) is 0.426. The van der Waals surface area contributed by atoms with Crippen LogP contribution in [0.3, 0.4) is 0 Å². The number of hydrogen-bond acceptors (Lipinski definition) is 5. The van der Waals surface area contributed by atoms with E-state index in [4.69, 9.17) is 14.6 Å². The minimum atomic E-state index is -0.822. The van der Waals surface area contributed by atoms with Crippen molar-refractivity contribution in [1.29, 1.82) is 0 Å². The van der Waals surface area contributed by atoms with E-state index in [1.165, 1.54) is 5.01 Å². The lowest BCUT2D eigenvalue weighted by Crippen LogP contribution is -2.45. The van der Waals surface area contributed by atoms with Gasteiger partial charge >= 0.3 is 5.97 Å². The number of hydrazone groups is 1. The van der Waals surface area contributed by atoms with Gasteiger partial charge in [0.25, 0.3) is 0 Å². The summed E-state index contributed by atoms with van der Waals surface area (Å²) in [4.78, 5) is 23.6. The zero-order valence-electron chi connectivity index (χ0n) is 16.3. The molecule has 150 valence electrons. The average molecular weight is 386 g/mol. The lowest BCUT2D eigenvalue weighted by Gasteiger charge is -2.37. The molecule has 7 nitrogen and oxygen atoms in total. The van der Waals surface area contributed by atoms with Crippen LogP contribution in [0.15, 0.2) is 35.5 Å². The Morgan fingerprint density at radius 1 is 1.14 bits per heavy atom. The zero-order valence-corrected chi connectivity index (χ0v) is 16.3. The third-order valence-electron chi connectivity index (χ3n) is 5.27. The quantitative estimate of drug-likeness (QED) is 0.548. The Morgan fingerprint density at radius 3 is 2.54 bits per heavy atom. The molecule has 28 heavy (non-hydrogen) atoms. The Hall–Kier alpha value is -2.83. The second kappa shape index (κ2) is 8.91. The Bertz CT molecular complexity index is 802. The van der Waals surface area contributed by atoms with Crippen LogP contribution in [0.4, 0.5) is 0 Å². The molecule has 1 aliphatic heterocycles. The highest BCUT2D eigenvalue weighted by atomic mass is 16.5. The maximum Gasteiger partial charge on any atom is 0.303 e. The van der Waals surface area contributed by atoms with Crippen molar-refractivity contribution in [3.05, 3.63) is 35.9 Å². The van der Waals surface area contributed by atoms with Crippen LogP contribution in [0.5, 0.6) is 11.5 Å². The normalized spacial score (nSPS) is 21.1. The number of allylic oxidation sites excluding steroid dienone is 2. The number of methoxy groups -OCH3 is 2. The van der Waals surface area contributed by atoms with Crippen molar-refractivity contribution in [1.82, 2.24) is 5.01 Å². The standard InChI is InChI=1S/C21H26N2O5/c1-27-17-11-10-14(13-18(17)28-2)20-15-7-3-4-8-16(15)21(26)23(22-20)12-6-5-9-19(24)25/h3-4,10-11,13,15-16H,5-9,12H2,1-2H3,(H,24,25). The summed E-state index contributed by atoms with van der Waals surface area (Å²) in [5.41, 5.74) is 1.78. The number of amides is 1. The Balaban J connectivity index is 1.89. The molecule has 2 unspecified atom stereocenters. The zero-order chi connectivity index (χ0) is 20.1. The third-order valence-corrected chi connectivity index (χ3v) is 5.27. The molecule has 0 radical (unpaired) electrons.